The SMILES string of the molecule is Cl.N[C@@H](C(F)F)C1CCCCC1. The van der Waals surface area contributed by atoms with Crippen LogP contribution in [-0.2, 0) is 0 Å². The Morgan fingerprint density at radius 1 is 1.08 bits per heavy atom. The zero-order chi connectivity index (χ0) is 8.27. The van der Waals surface area contributed by atoms with Crippen LogP contribution in [0, 0.1) is 5.92 Å². The van der Waals surface area contributed by atoms with Crippen molar-refractivity contribution in [3.05, 3.63) is 0 Å². The molecule has 1 atom stereocenters. The Morgan fingerprint density at radius 3 is 2.00 bits per heavy atom. The first kappa shape index (κ1) is 12.1. The van der Waals surface area contributed by atoms with E-state index in [1.807, 2.05) is 0 Å². The number of alkyl halides is 2. The fourth-order valence-corrected chi connectivity index (χ4v) is 1.72. The molecule has 0 spiro atoms. The Labute approximate surface area is 78.1 Å². The lowest BCUT2D eigenvalue weighted by molar-refractivity contribution is 0.0774. The van der Waals surface area contributed by atoms with Gasteiger partial charge in [-0.25, -0.2) is 8.78 Å². The summed E-state index contributed by atoms with van der Waals surface area (Å²) in [4.78, 5) is 0. The van der Waals surface area contributed by atoms with Gasteiger partial charge in [0, 0.05) is 0 Å². The van der Waals surface area contributed by atoms with Gasteiger partial charge in [-0.2, -0.15) is 0 Å². The van der Waals surface area contributed by atoms with Crippen molar-refractivity contribution in [1.82, 2.24) is 0 Å². The van der Waals surface area contributed by atoms with E-state index in [1.165, 1.54) is 6.42 Å². The van der Waals surface area contributed by atoms with Gasteiger partial charge in [-0.05, 0) is 18.8 Å². The molecule has 0 amide bonds. The molecule has 74 valence electrons. The Hall–Kier alpha value is 0.110. The molecule has 12 heavy (non-hydrogen) atoms. The average molecular weight is 200 g/mol. The molecule has 0 aromatic carbocycles. The van der Waals surface area contributed by atoms with Crippen LogP contribution < -0.4 is 5.73 Å². The Balaban J connectivity index is 0.00000121. The van der Waals surface area contributed by atoms with E-state index in [-0.39, 0.29) is 18.3 Å². The van der Waals surface area contributed by atoms with Crippen LogP contribution in [0.15, 0.2) is 0 Å². The molecule has 0 heterocycles. The zero-order valence-electron chi connectivity index (χ0n) is 7.01. The van der Waals surface area contributed by atoms with Crippen molar-refractivity contribution in [2.24, 2.45) is 11.7 Å². The van der Waals surface area contributed by atoms with Gasteiger partial charge in [-0.3, -0.25) is 0 Å². The van der Waals surface area contributed by atoms with Crippen molar-refractivity contribution in [2.45, 2.75) is 44.6 Å². The van der Waals surface area contributed by atoms with Crippen molar-refractivity contribution in [3.8, 4) is 0 Å². The van der Waals surface area contributed by atoms with Gasteiger partial charge in [0.1, 0.15) is 0 Å². The van der Waals surface area contributed by atoms with Gasteiger partial charge in [0.2, 0.25) is 0 Å². The molecule has 1 nitrogen and oxygen atoms in total. The second kappa shape index (κ2) is 5.70. The summed E-state index contributed by atoms with van der Waals surface area (Å²) in [6.07, 6.45) is 2.79. The van der Waals surface area contributed by atoms with Gasteiger partial charge in [-0.1, -0.05) is 19.3 Å². The molecule has 1 aliphatic carbocycles. The molecule has 0 bridgehead atoms. The van der Waals surface area contributed by atoms with Crippen LogP contribution in [0.4, 0.5) is 8.78 Å². The molecular weight excluding hydrogens is 184 g/mol. The van der Waals surface area contributed by atoms with Crippen molar-refractivity contribution in [3.63, 3.8) is 0 Å². The predicted octanol–water partition coefficient (Wildman–Crippen LogP) is 2.58. The van der Waals surface area contributed by atoms with Crippen LogP contribution in [0.5, 0.6) is 0 Å². The predicted molar refractivity (Wildman–Crippen MR) is 47.8 cm³/mol. The standard InChI is InChI=1S/C8H15F2N.ClH/c9-8(10)7(11)6-4-2-1-3-5-6;/h6-8H,1-5,11H2;1H/t7-;/m1./s1. The number of hydrogen-bond donors (Lipinski definition) is 1. The molecule has 1 rings (SSSR count). The maximum atomic E-state index is 12.1. The summed E-state index contributed by atoms with van der Waals surface area (Å²) in [6.45, 7) is 0. The highest BCUT2D eigenvalue weighted by Gasteiger charge is 2.26. The third-order valence-corrected chi connectivity index (χ3v) is 2.49. The summed E-state index contributed by atoms with van der Waals surface area (Å²) in [7, 11) is 0. The average Bonchev–Trinajstić information content (AvgIpc) is 2.05. The van der Waals surface area contributed by atoms with Crippen LogP contribution in [0.2, 0.25) is 0 Å². The highest BCUT2D eigenvalue weighted by molar-refractivity contribution is 5.85. The zero-order valence-corrected chi connectivity index (χ0v) is 7.83. The Bertz CT molecular complexity index is 116. The monoisotopic (exact) mass is 199 g/mol. The molecule has 0 aromatic heterocycles. The van der Waals surface area contributed by atoms with E-state index in [1.54, 1.807) is 0 Å². The molecule has 0 unspecified atom stereocenters. The van der Waals surface area contributed by atoms with Gasteiger partial charge in [0.25, 0.3) is 6.43 Å². The van der Waals surface area contributed by atoms with Crippen LogP contribution in [0.1, 0.15) is 32.1 Å². The Kier molecular flexibility index (Phi) is 5.76. The summed E-state index contributed by atoms with van der Waals surface area (Å²) >= 11 is 0. The quantitative estimate of drug-likeness (QED) is 0.727. The molecule has 0 saturated heterocycles. The summed E-state index contributed by atoms with van der Waals surface area (Å²) < 4.78 is 24.2. The molecule has 0 aromatic rings. The third kappa shape index (κ3) is 3.23. The number of hydrogen-bond acceptors (Lipinski definition) is 1. The molecule has 4 heteroatoms. The van der Waals surface area contributed by atoms with Crippen molar-refractivity contribution < 1.29 is 8.78 Å². The lowest BCUT2D eigenvalue weighted by Crippen LogP contribution is -2.37. The fraction of sp³-hybridized carbons (Fsp3) is 1.00. The van der Waals surface area contributed by atoms with E-state index in [9.17, 15) is 8.78 Å². The number of nitrogens with two attached hydrogens (primary N) is 1. The second-order valence-corrected chi connectivity index (χ2v) is 3.31. The van der Waals surface area contributed by atoms with Crippen molar-refractivity contribution in [1.29, 1.82) is 0 Å². The lowest BCUT2D eigenvalue weighted by Gasteiger charge is -2.26. The molecule has 0 radical (unpaired) electrons. The minimum atomic E-state index is -2.34. The number of rotatable bonds is 2. The van der Waals surface area contributed by atoms with Gasteiger partial charge in [0.15, 0.2) is 0 Å². The van der Waals surface area contributed by atoms with Gasteiger partial charge in [-0.15, -0.1) is 12.4 Å². The molecular formula is C8H16ClF2N. The minimum Gasteiger partial charge on any atom is -0.323 e. The molecule has 0 aliphatic heterocycles. The maximum absolute atomic E-state index is 12.1. The van der Waals surface area contributed by atoms with E-state index in [0.717, 1.165) is 25.7 Å². The van der Waals surface area contributed by atoms with E-state index < -0.39 is 12.5 Å². The Morgan fingerprint density at radius 2 is 1.58 bits per heavy atom. The molecule has 1 fully saturated rings. The van der Waals surface area contributed by atoms with E-state index >= 15 is 0 Å². The van der Waals surface area contributed by atoms with Crippen LogP contribution in [-0.4, -0.2) is 12.5 Å². The summed E-state index contributed by atoms with van der Waals surface area (Å²) in [5, 5.41) is 0. The second-order valence-electron chi connectivity index (χ2n) is 3.31. The maximum Gasteiger partial charge on any atom is 0.253 e. The topological polar surface area (TPSA) is 26.0 Å². The summed E-state index contributed by atoms with van der Waals surface area (Å²) in [5.74, 6) is 0.0729. The minimum absolute atomic E-state index is 0. The van der Waals surface area contributed by atoms with Crippen LogP contribution in [0.25, 0.3) is 0 Å². The molecule has 1 saturated carbocycles. The van der Waals surface area contributed by atoms with Gasteiger partial charge >= 0.3 is 0 Å². The lowest BCUT2D eigenvalue weighted by atomic mass is 9.84. The normalized spacial score (nSPS) is 22.0. The summed E-state index contributed by atoms with van der Waals surface area (Å²) in [5.41, 5.74) is 5.34. The third-order valence-electron chi connectivity index (χ3n) is 2.49. The van der Waals surface area contributed by atoms with Crippen LogP contribution in [0.3, 0.4) is 0 Å². The fourth-order valence-electron chi connectivity index (χ4n) is 1.72. The first-order chi connectivity index (χ1) is 5.22. The van der Waals surface area contributed by atoms with Gasteiger partial charge < -0.3 is 5.73 Å². The van der Waals surface area contributed by atoms with E-state index in [0.29, 0.717) is 0 Å². The van der Waals surface area contributed by atoms with E-state index in [2.05, 4.69) is 0 Å². The first-order valence-corrected chi connectivity index (χ1v) is 4.25. The van der Waals surface area contributed by atoms with Crippen molar-refractivity contribution >= 4 is 12.4 Å². The van der Waals surface area contributed by atoms with Crippen molar-refractivity contribution in [2.75, 3.05) is 0 Å². The van der Waals surface area contributed by atoms with E-state index in [4.69, 9.17) is 5.73 Å². The largest absolute Gasteiger partial charge is 0.323 e. The summed E-state index contributed by atoms with van der Waals surface area (Å²) in [6, 6.07) is -0.879. The number of halogens is 3. The smallest absolute Gasteiger partial charge is 0.253 e. The highest BCUT2D eigenvalue weighted by atomic mass is 35.5. The first-order valence-electron chi connectivity index (χ1n) is 4.25. The molecule has 2 N–H and O–H groups in total. The van der Waals surface area contributed by atoms with Gasteiger partial charge in [0.05, 0.1) is 6.04 Å². The molecule has 1 aliphatic rings. The van der Waals surface area contributed by atoms with Crippen LogP contribution >= 0.6 is 12.4 Å². The highest BCUT2D eigenvalue weighted by Crippen LogP contribution is 2.27.